The molecule has 0 aromatic rings. The van der Waals surface area contributed by atoms with Crippen LogP contribution in [-0.2, 0) is 22.6 Å². The van der Waals surface area contributed by atoms with Crippen LogP contribution < -0.4 is 0 Å². The van der Waals surface area contributed by atoms with Crippen LogP contribution in [-0.4, -0.2) is 33.5 Å². The number of hydrogen-bond donors (Lipinski definition) is 0. The van der Waals surface area contributed by atoms with Gasteiger partial charge in [-0.25, -0.2) is 0 Å². The molecule has 2 bridgehead atoms. The Morgan fingerprint density at radius 2 is 1.36 bits per heavy atom. The predicted octanol–water partition coefficient (Wildman–Crippen LogP) is 2.02. The van der Waals surface area contributed by atoms with E-state index in [1.54, 1.807) is 0 Å². The molecule has 0 aromatic carbocycles. The zero-order valence-corrected chi connectivity index (χ0v) is 9.66. The summed E-state index contributed by atoms with van der Waals surface area (Å²) in [4.78, 5) is 0. The normalized spacial score (nSPS) is 41.5. The van der Waals surface area contributed by atoms with E-state index in [9.17, 15) is 0 Å². The van der Waals surface area contributed by atoms with Crippen molar-refractivity contribution in [3.05, 3.63) is 0 Å². The van der Waals surface area contributed by atoms with Gasteiger partial charge in [0.05, 0.1) is 0 Å². The van der Waals surface area contributed by atoms with Gasteiger partial charge in [-0.1, -0.05) is 0 Å². The second kappa shape index (κ2) is 3.37. The molecular weight excluding hydrogens is 207 g/mol. The molecule has 0 aromatic heterocycles. The summed E-state index contributed by atoms with van der Waals surface area (Å²) in [5, 5.41) is 0. The molecule has 2 atom stereocenters. The predicted molar refractivity (Wildman–Crippen MR) is 51.5 cm³/mol. The van der Waals surface area contributed by atoms with Gasteiger partial charge in [0, 0.05) is 0 Å². The van der Waals surface area contributed by atoms with Crippen molar-refractivity contribution in [1.82, 2.24) is 0 Å². The molecule has 0 amide bonds. The number of rotatable bonds is 3. The summed E-state index contributed by atoms with van der Waals surface area (Å²) in [6.07, 6.45) is 3.17. The monoisotopic (exact) mass is 224 g/mol. The van der Waals surface area contributed by atoms with E-state index in [2.05, 4.69) is 0 Å². The Hall–Kier alpha value is 0.230. The minimum atomic E-state index is -3.69. The first kappa shape index (κ1) is 10.7. The topological polar surface area (TPSA) is 46.2 Å². The van der Waals surface area contributed by atoms with Crippen LogP contribution in [0.4, 0.5) is 0 Å². The Bertz CT molecular complexity index is 203. The van der Waals surface area contributed by atoms with Gasteiger partial charge in [-0.3, -0.25) is 0 Å². The fourth-order valence-electron chi connectivity index (χ4n) is 2.09. The summed E-state index contributed by atoms with van der Waals surface area (Å²) in [5.74, 6) is 0. The molecule has 1 aliphatic carbocycles. The maximum absolute atomic E-state index is 5.74. The van der Waals surface area contributed by atoms with Crippen molar-refractivity contribution in [3.63, 3.8) is 0 Å². The molecule has 0 radical (unpaired) electrons. The van der Waals surface area contributed by atoms with Crippen molar-refractivity contribution in [1.29, 1.82) is 0 Å². The summed E-state index contributed by atoms with van der Waals surface area (Å²) >= 11 is 0. The van der Waals surface area contributed by atoms with E-state index < -0.39 is 7.74 Å². The van der Waals surface area contributed by atoms with Crippen LogP contribution in [0.5, 0.6) is 0 Å². The summed E-state index contributed by atoms with van der Waals surface area (Å²) < 4.78 is 27.3. The average Bonchev–Trinajstić information content (AvgIpc) is 2.59. The Morgan fingerprint density at radius 1 is 0.929 bits per heavy atom. The van der Waals surface area contributed by atoms with E-state index in [-0.39, 0.29) is 12.2 Å². The van der Waals surface area contributed by atoms with E-state index in [1.165, 1.54) is 21.3 Å². The van der Waals surface area contributed by atoms with Gasteiger partial charge in [0.1, 0.15) is 0 Å². The maximum atomic E-state index is 5.74. The molecule has 2 fully saturated rings. The zero-order valence-electron chi connectivity index (χ0n) is 8.76. The fraction of sp³-hybridized carbons (Fsp3) is 1.00. The standard InChI is InChI=1S/C8H17O5P/c1-9-14(10-2,11-3)12-7-4-5-8(6-7)13-14/h7-8H,4-6H2,1-3H3. The van der Waals surface area contributed by atoms with Gasteiger partial charge in [-0.05, 0) is 0 Å². The Morgan fingerprint density at radius 3 is 1.71 bits per heavy atom. The molecule has 1 aliphatic heterocycles. The van der Waals surface area contributed by atoms with Crippen molar-refractivity contribution >= 4 is 7.74 Å². The Labute approximate surface area is 84.0 Å². The average molecular weight is 224 g/mol. The van der Waals surface area contributed by atoms with Crippen molar-refractivity contribution in [2.45, 2.75) is 31.5 Å². The minimum absolute atomic E-state index is 0.145. The Balaban J connectivity index is 2.28. The van der Waals surface area contributed by atoms with Crippen LogP contribution in [0, 0.1) is 0 Å². The third-order valence-electron chi connectivity index (χ3n) is 2.87. The zero-order chi connectivity index (χ0) is 10.3. The first-order chi connectivity index (χ1) is 6.65. The molecule has 1 heterocycles. The van der Waals surface area contributed by atoms with Crippen LogP contribution >= 0.6 is 7.74 Å². The molecule has 1 saturated carbocycles. The van der Waals surface area contributed by atoms with E-state index in [4.69, 9.17) is 22.6 Å². The number of hydrogen-bond acceptors (Lipinski definition) is 5. The molecule has 6 heteroatoms. The number of fused-ring (bicyclic) bond motifs is 2. The third-order valence-corrected chi connectivity index (χ3v) is 5.95. The molecule has 5 nitrogen and oxygen atoms in total. The molecule has 2 rings (SSSR count). The van der Waals surface area contributed by atoms with Crippen molar-refractivity contribution in [2.75, 3.05) is 21.3 Å². The Kier molecular flexibility index (Phi) is 2.59. The SMILES string of the molecule is COP1(OC)(OC)OC2CCC(C2)O1. The van der Waals surface area contributed by atoms with Crippen LogP contribution in [0.1, 0.15) is 19.3 Å². The van der Waals surface area contributed by atoms with Crippen molar-refractivity contribution in [2.24, 2.45) is 0 Å². The molecule has 1 saturated heterocycles. The van der Waals surface area contributed by atoms with E-state index in [0.717, 1.165) is 19.3 Å². The molecule has 2 aliphatic rings. The quantitative estimate of drug-likeness (QED) is 0.686. The first-order valence-electron chi connectivity index (χ1n) is 4.74. The van der Waals surface area contributed by atoms with Crippen LogP contribution in [0.2, 0.25) is 0 Å². The van der Waals surface area contributed by atoms with Crippen LogP contribution in [0.25, 0.3) is 0 Å². The summed E-state index contributed by atoms with van der Waals surface area (Å²) in [7, 11) is 0.796. The van der Waals surface area contributed by atoms with Gasteiger partial charge in [0.25, 0.3) is 0 Å². The first-order valence-corrected chi connectivity index (χ1v) is 6.57. The second-order valence-electron chi connectivity index (χ2n) is 3.56. The van der Waals surface area contributed by atoms with Crippen LogP contribution in [0.15, 0.2) is 0 Å². The van der Waals surface area contributed by atoms with Crippen molar-refractivity contribution < 1.29 is 22.6 Å². The van der Waals surface area contributed by atoms with Crippen LogP contribution in [0.3, 0.4) is 0 Å². The van der Waals surface area contributed by atoms with Gasteiger partial charge >= 0.3 is 83.2 Å². The molecule has 0 spiro atoms. The van der Waals surface area contributed by atoms with Gasteiger partial charge in [-0.2, -0.15) is 0 Å². The van der Waals surface area contributed by atoms with E-state index in [1.807, 2.05) is 0 Å². The second-order valence-corrected chi connectivity index (χ2v) is 6.57. The van der Waals surface area contributed by atoms with E-state index >= 15 is 0 Å². The van der Waals surface area contributed by atoms with E-state index in [0.29, 0.717) is 0 Å². The summed E-state index contributed by atoms with van der Waals surface area (Å²) in [6.45, 7) is 0. The van der Waals surface area contributed by atoms with Gasteiger partial charge in [-0.15, -0.1) is 0 Å². The van der Waals surface area contributed by atoms with Crippen molar-refractivity contribution in [3.8, 4) is 0 Å². The summed E-state index contributed by atoms with van der Waals surface area (Å²) in [6, 6.07) is 0. The summed E-state index contributed by atoms with van der Waals surface area (Å²) in [5.41, 5.74) is 0. The van der Waals surface area contributed by atoms with Gasteiger partial charge in [0.15, 0.2) is 0 Å². The third kappa shape index (κ3) is 1.40. The van der Waals surface area contributed by atoms with Gasteiger partial charge in [0.2, 0.25) is 0 Å². The fourth-order valence-corrected chi connectivity index (χ4v) is 4.46. The molecule has 14 heavy (non-hydrogen) atoms. The molecular formula is C8H17O5P. The van der Waals surface area contributed by atoms with Gasteiger partial charge < -0.3 is 0 Å². The molecule has 84 valence electrons. The molecule has 2 unspecified atom stereocenters. The molecule has 0 N–H and O–H groups in total.